The first kappa shape index (κ1) is 20.1. The fourth-order valence-corrected chi connectivity index (χ4v) is 4.38. The third kappa shape index (κ3) is 5.41. The van der Waals surface area contributed by atoms with Crippen LogP contribution in [0, 0.1) is 25.7 Å². The summed E-state index contributed by atoms with van der Waals surface area (Å²) in [5.41, 5.74) is 3.75. The first-order chi connectivity index (χ1) is 13.4. The molecule has 0 saturated heterocycles. The highest BCUT2D eigenvalue weighted by Gasteiger charge is 2.15. The van der Waals surface area contributed by atoms with Crippen molar-refractivity contribution in [1.29, 1.82) is 0 Å². The summed E-state index contributed by atoms with van der Waals surface area (Å²) in [5.74, 6) is 6.83. The van der Waals surface area contributed by atoms with E-state index >= 15 is 0 Å². The second kappa shape index (κ2) is 9.01. The van der Waals surface area contributed by atoms with Crippen LogP contribution in [0.3, 0.4) is 0 Å². The van der Waals surface area contributed by atoms with Gasteiger partial charge < -0.3 is 0 Å². The molecule has 3 aromatic carbocycles. The maximum Gasteiger partial charge on any atom is 0.261 e. The average Bonchev–Trinajstić information content (AvgIpc) is 2.68. The van der Waals surface area contributed by atoms with E-state index in [1.807, 2.05) is 56.3 Å². The zero-order valence-electron chi connectivity index (χ0n) is 15.8. The largest absolute Gasteiger partial charge is 0.278 e. The fourth-order valence-electron chi connectivity index (χ4n) is 2.49. The van der Waals surface area contributed by atoms with E-state index in [2.05, 4.69) is 16.6 Å². The molecule has 1 N–H and O–H groups in total. The highest BCUT2D eigenvalue weighted by atomic mass is 32.2. The third-order valence-electron chi connectivity index (χ3n) is 4.05. The van der Waals surface area contributed by atoms with Crippen molar-refractivity contribution in [2.45, 2.75) is 23.6 Å². The normalized spacial score (nSPS) is 10.8. The minimum absolute atomic E-state index is 0.247. The Balaban J connectivity index is 1.71. The number of hydrogen-bond acceptors (Lipinski definition) is 3. The molecule has 0 unspecified atom stereocenters. The van der Waals surface area contributed by atoms with Gasteiger partial charge in [-0.25, -0.2) is 8.42 Å². The predicted octanol–water partition coefficient (Wildman–Crippen LogP) is 5.25. The number of aryl methyl sites for hydroxylation is 2. The molecule has 0 amide bonds. The number of nitrogens with one attached hydrogen (secondary N) is 1. The van der Waals surface area contributed by atoms with Gasteiger partial charge in [-0.2, -0.15) is 0 Å². The lowest BCUT2D eigenvalue weighted by atomic mass is 10.2. The molecule has 0 radical (unpaired) electrons. The van der Waals surface area contributed by atoms with Crippen molar-refractivity contribution in [3.63, 3.8) is 0 Å². The molecule has 0 aliphatic rings. The molecule has 3 nitrogen and oxygen atoms in total. The van der Waals surface area contributed by atoms with Crippen molar-refractivity contribution in [1.82, 2.24) is 0 Å². The number of thioether (sulfide) groups is 1. The SMILES string of the molecule is Cc1ccc(C#CCSc2ccccc2NS(=O)(=O)c2ccc(C)cc2)cc1. The molecule has 0 aliphatic carbocycles. The second-order valence-electron chi connectivity index (χ2n) is 6.37. The Labute approximate surface area is 171 Å². The van der Waals surface area contributed by atoms with Crippen LogP contribution in [0.15, 0.2) is 82.6 Å². The first-order valence-electron chi connectivity index (χ1n) is 8.81. The lowest BCUT2D eigenvalue weighted by Gasteiger charge is -2.11. The number of rotatable bonds is 5. The lowest BCUT2D eigenvalue weighted by Crippen LogP contribution is -2.13. The smallest absolute Gasteiger partial charge is 0.261 e. The summed E-state index contributed by atoms with van der Waals surface area (Å²) in [6.07, 6.45) is 0. The zero-order valence-corrected chi connectivity index (χ0v) is 17.4. The van der Waals surface area contributed by atoms with Gasteiger partial charge in [0.1, 0.15) is 0 Å². The van der Waals surface area contributed by atoms with Crippen LogP contribution in [-0.4, -0.2) is 14.2 Å². The molecule has 28 heavy (non-hydrogen) atoms. The number of sulfonamides is 1. The van der Waals surface area contributed by atoms with E-state index in [4.69, 9.17) is 0 Å². The van der Waals surface area contributed by atoms with Crippen molar-refractivity contribution in [3.05, 3.63) is 89.5 Å². The monoisotopic (exact) mass is 407 g/mol. The van der Waals surface area contributed by atoms with Crippen LogP contribution in [0.25, 0.3) is 0 Å². The Morgan fingerprint density at radius 3 is 2.14 bits per heavy atom. The standard InChI is InChI=1S/C23H21NO2S2/c1-18-9-13-20(14-10-18)6-5-17-27-23-8-4-3-7-22(23)24-28(25,26)21-15-11-19(2)12-16-21/h3-4,7-16,24H,17H2,1-2H3. The van der Waals surface area contributed by atoms with E-state index in [0.29, 0.717) is 11.4 Å². The molecule has 0 aliphatic heterocycles. The van der Waals surface area contributed by atoms with E-state index in [1.165, 1.54) is 17.3 Å². The molecule has 0 saturated carbocycles. The van der Waals surface area contributed by atoms with Crippen LogP contribution < -0.4 is 4.72 Å². The van der Waals surface area contributed by atoms with Crippen LogP contribution >= 0.6 is 11.8 Å². The zero-order chi connectivity index (χ0) is 20.0. The summed E-state index contributed by atoms with van der Waals surface area (Å²) in [6, 6.07) is 22.2. The molecule has 142 valence electrons. The molecule has 0 bridgehead atoms. The van der Waals surface area contributed by atoms with Gasteiger partial charge in [0.2, 0.25) is 0 Å². The van der Waals surface area contributed by atoms with E-state index in [-0.39, 0.29) is 4.90 Å². The van der Waals surface area contributed by atoms with Gasteiger partial charge in [0.25, 0.3) is 10.0 Å². The predicted molar refractivity (Wildman–Crippen MR) is 117 cm³/mol. The molecule has 3 aromatic rings. The average molecular weight is 408 g/mol. The van der Waals surface area contributed by atoms with Crippen molar-refractivity contribution in [2.75, 3.05) is 10.5 Å². The summed E-state index contributed by atoms with van der Waals surface area (Å²) in [6.45, 7) is 3.97. The minimum atomic E-state index is -3.63. The topological polar surface area (TPSA) is 46.2 Å². The van der Waals surface area contributed by atoms with Crippen LogP contribution in [0.5, 0.6) is 0 Å². The maximum absolute atomic E-state index is 12.7. The van der Waals surface area contributed by atoms with E-state index < -0.39 is 10.0 Å². The van der Waals surface area contributed by atoms with Crippen molar-refractivity contribution in [3.8, 4) is 11.8 Å². The summed E-state index contributed by atoms with van der Waals surface area (Å²) < 4.78 is 28.0. The van der Waals surface area contributed by atoms with Gasteiger partial charge in [-0.3, -0.25) is 4.72 Å². The lowest BCUT2D eigenvalue weighted by molar-refractivity contribution is 0.601. The highest BCUT2D eigenvalue weighted by molar-refractivity contribution is 7.99. The van der Waals surface area contributed by atoms with Crippen molar-refractivity contribution in [2.24, 2.45) is 0 Å². The quantitative estimate of drug-likeness (QED) is 0.464. The van der Waals surface area contributed by atoms with Gasteiger partial charge in [-0.1, -0.05) is 59.4 Å². The minimum Gasteiger partial charge on any atom is -0.278 e. The van der Waals surface area contributed by atoms with E-state index in [9.17, 15) is 8.42 Å². The molecule has 0 atom stereocenters. The molecule has 0 heterocycles. The Hall–Kier alpha value is -2.68. The Kier molecular flexibility index (Phi) is 6.45. The van der Waals surface area contributed by atoms with Crippen molar-refractivity contribution < 1.29 is 8.42 Å². The summed E-state index contributed by atoms with van der Waals surface area (Å²) in [4.78, 5) is 1.09. The van der Waals surface area contributed by atoms with E-state index in [1.54, 1.807) is 30.3 Å². The van der Waals surface area contributed by atoms with Gasteiger partial charge in [0.05, 0.1) is 16.3 Å². The van der Waals surface area contributed by atoms with Gasteiger partial charge in [-0.05, 0) is 50.2 Å². The maximum atomic E-state index is 12.7. The number of hydrogen-bond donors (Lipinski definition) is 1. The van der Waals surface area contributed by atoms with Crippen LogP contribution in [0.1, 0.15) is 16.7 Å². The molecular weight excluding hydrogens is 386 g/mol. The summed E-state index contributed by atoms with van der Waals surface area (Å²) in [7, 11) is -3.63. The van der Waals surface area contributed by atoms with Crippen molar-refractivity contribution >= 4 is 27.5 Å². The molecule has 3 rings (SSSR count). The number of benzene rings is 3. The van der Waals surface area contributed by atoms with Crippen LogP contribution in [0.2, 0.25) is 0 Å². The number of para-hydroxylation sites is 1. The molecular formula is C23H21NO2S2. The van der Waals surface area contributed by atoms with Gasteiger partial charge in [-0.15, -0.1) is 11.8 Å². The van der Waals surface area contributed by atoms with Gasteiger partial charge in [0.15, 0.2) is 0 Å². The van der Waals surface area contributed by atoms with Gasteiger partial charge >= 0.3 is 0 Å². The Morgan fingerprint density at radius 1 is 0.857 bits per heavy atom. The molecule has 5 heteroatoms. The van der Waals surface area contributed by atoms with Gasteiger partial charge in [0, 0.05) is 10.5 Å². The second-order valence-corrected chi connectivity index (χ2v) is 9.07. The van der Waals surface area contributed by atoms with E-state index in [0.717, 1.165) is 16.0 Å². The third-order valence-corrected chi connectivity index (χ3v) is 6.38. The first-order valence-corrected chi connectivity index (χ1v) is 11.3. The van der Waals surface area contributed by atoms with Crippen LogP contribution in [0.4, 0.5) is 5.69 Å². The summed E-state index contributed by atoms with van der Waals surface area (Å²) in [5, 5.41) is 0. The fraction of sp³-hybridized carbons (Fsp3) is 0.130. The Bertz CT molecular complexity index is 1110. The highest BCUT2D eigenvalue weighted by Crippen LogP contribution is 2.28. The molecule has 0 fully saturated rings. The van der Waals surface area contributed by atoms with Crippen LogP contribution in [-0.2, 0) is 10.0 Å². The molecule has 0 aromatic heterocycles. The Morgan fingerprint density at radius 2 is 1.46 bits per heavy atom. The molecule has 0 spiro atoms. The summed E-state index contributed by atoms with van der Waals surface area (Å²) >= 11 is 1.51. The number of anilines is 1.